The van der Waals surface area contributed by atoms with Gasteiger partial charge in [0.15, 0.2) is 5.78 Å². The molecule has 156 valence electrons. The van der Waals surface area contributed by atoms with E-state index >= 15 is 0 Å². The molecule has 0 aromatic heterocycles. The molecule has 1 aromatic carbocycles. The molecule has 2 amide bonds. The second-order valence-corrected chi connectivity index (χ2v) is 5.78. The lowest BCUT2D eigenvalue weighted by Gasteiger charge is -2.15. The maximum Gasteiger partial charge on any atom is 0.305 e. The van der Waals surface area contributed by atoms with Crippen molar-refractivity contribution in [2.75, 3.05) is 20.3 Å². The quantitative estimate of drug-likeness (QED) is 0.425. The Morgan fingerprint density at radius 2 is 1.86 bits per heavy atom. The molecular formula is C18H25FN2O6S. The minimum atomic E-state index is -1.48. The number of carboxylic acid groups (broad SMARTS) is 1. The monoisotopic (exact) mass is 416 g/mol. The zero-order valence-electron chi connectivity index (χ0n) is 16.0. The smallest absolute Gasteiger partial charge is 0.305 e. The molecule has 0 aliphatic rings. The minimum Gasteiger partial charge on any atom is -0.496 e. The van der Waals surface area contributed by atoms with Gasteiger partial charge in [-0.25, -0.2) is 4.39 Å². The largest absolute Gasteiger partial charge is 0.496 e. The fourth-order valence-electron chi connectivity index (χ4n) is 2.08. The van der Waals surface area contributed by atoms with Gasteiger partial charge in [0.2, 0.25) is 11.8 Å². The third-order valence-electron chi connectivity index (χ3n) is 3.30. The fourth-order valence-corrected chi connectivity index (χ4v) is 2.31. The molecule has 28 heavy (non-hydrogen) atoms. The number of ether oxygens (including phenoxy) is 1. The van der Waals surface area contributed by atoms with Gasteiger partial charge in [-0.3, -0.25) is 19.2 Å². The average molecular weight is 416 g/mol. The summed E-state index contributed by atoms with van der Waals surface area (Å²) in [4.78, 5) is 46.3. The molecule has 0 aliphatic carbocycles. The highest BCUT2D eigenvalue weighted by atomic mass is 32.1. The van der Waals surface area contributed by atoms with Crippen molar-refractivity contribution in [2.45, 2.75) is 37.6 Å². The van der Waals surface area contributed by atoms with Crippen molar-refractivity contribution in [1.29, 1.82) is 0 Å². The van der Waals surface area contributed by atoms with Crippen LogP contribution in [0.15, 0.2) is 23.1 Å². The van der Waals surface area contributed by atoms with Crippen LogP contribution in [0, 0.1) is 0 Å². The number of benzene rings is 1. The number of amides is 2. The Morgan fingerprint density at radius 1 is 1.21 bits per heavy atom. The van der Waals surface area contributed by atoms with Crippen LogP contribution in [0.5, 0.6) is 5.75 Å². The number of nitrogens with one attached hydrogen (secondary N) is 2. The third-order valence-corrected chi connectivity index (χ3v) is 3.57. The Morgan fingerprint density at radius 3 is 2.39 bits per heavy atom. The number of thiol groups is 1. The predicted octanol–water partition coefficient (Wildman–Crippen LogP) is 1.17. The van der Waals surface area contributed by atoms with Gasteiger partial charge in [0.25, 0.3) is 0 Å². The molecular weight excluding hydrogens is 391 g/mol. The number of methoxy groups -OCH3 is 1. The number of hydrogen-bond acceptors (Lipinski definition) is 6. The van der Waals surface area contributed by atoms with E-state index in [1.54, 1.807) is 18.2 Å². The van der Waals surface area contributed by atoms with E-state index in [1.807, 2.05) is 13.8 Å². The number of ketones is 1. The Labute approximate surface area is 168 Å². The van der Waals surface area contributed by atoms with E-state index < -0.39 is 49.2 Å². The molecule has 8 nitrogen and oxygen atoms in total. The standard InChI is InChI=1S/C16H19FN2O6S.C2H6/c1-25-13-3-2-10(26)4-9(13)5-14(21)18-8-15(22)19-11(6-16(23)24)12(20)7-17;1-2/h2-4,11,26H,5-8H2,1H3,(H,18,21)(H,19,22)(H,23,24);1-2H3. The molecule has 0 saturated heterocycles. The van der Waals surface area contributed by atoms with Crippen LogP contribution in [-0.4, -0.2) is 55.0 Å². The van der Waals surface area contributed by atoms with E-state index in [4.69, 9.17) is 9.84 Å². The van der Waals surface area contributed by atoms with Crippen LogP contribution in [0.2, 0.25) is 0 Å². The summed E-state index contributed by atoms with van der Waals surface area (Å²) in [5.41, 5.74) is 0.564. The number of carbonyl (C=O) groups excluding carboxylic acids is 3. The van der Waals surface area contributed by atoms with Gasteiger partial charge in [-0.2, -0.15) is 0 Å². The Hall–Kier alpha value is -2.62. The summed E-state index contributed by atoms with van der Waals surface area (Å²) in [7, 11) is 1.45. The zero-order chi connectivity index (χ0) is 21.7. The molecule has 0 fully saturated rings. The van der Waals surface area contributed by atoms with E-state index in [2.05, 4.69) is 23.3 Å². The van der Waals surface area contributed by atoms with Crippen molar-refractivity contribution >= 4 is 36.2 Å². The molecule has 1 atom stereocenters. The van der Waals surface area contributed by atoms with Gasteiger partial charge in [0.1, 0.15) is 18.5 Å². The first kappa shape index (κ1) is 25.4. The Kier molecular flexibility index (Phi) is 12.3. The van der Waals surface area contributed by atoms with Crippen LogP contribution in [0.3, 0.4) is 0 Å². The minimum absolute atomic E-state index is 0.0766. The van der Waals surface area contributed by atoms with Crippen LogP contribution >= 0.6 is 12.6 Å². The summed E-state index contributed by atoms with van der Waals surface area (Å²) in [5.74, 6) is -3.23. The van der Waals surface area contributed by atoms with Gasteiger partial charge in [-0.05, 0) is 18.2 Å². The van der Waals surface area contributed by atoms with Crippen LogP contribution in [0.25, 0.3) is 0 Å². The highest BCUT2D eigenvalue weighted by molar-refractivity contribution is 7.80. The zero-order valence-corrected chi connectivity index (χ0v) is 16.8. The van der Waals surface area contributed by atoms with Gasteiger partial charge in [-0.1, -0.05) is 13.8 Å². The highest BCUT2D eigenvalue weighted by Crippen LogP contribution is 2.22. The number of Topliss-reactive ketones (excluding diaryl/α,β-unsaturated/α-hetero) is 1. The van der Waals surface area contributed by atoms with Crippen molar-refractivity contribution in [1.82, 2.24) is 10.6 Å². The van der Waals surface area contributed by atoms with Crippen molar-refractivity contribution in [3.63, 3.8) is 0 Å². The fraction of sp³-hybridized carbons (Fsp3) is 0.444. The molecule has 1 aromatic rings. The van der Waals surface area contributed by atoms with Gasteiger partial charge >= 0.3 is 5.97 Å². The van der Waals surface area contributed by atoms with E-state index in [0.717, 1.165) is 0 Å². The highest BCUT2D eigenvalue weighted by Gasteiger charge is 2.23. The second kappa shape index (κ2) is 13.5. The number of aliphatic carboxylic acids is 1. The van der Waals surface area contributed by atoms with Crippen LogP contribution in [-0.2, 0) is 25.6 Å². The molecule has 0 aliphatic heterocycles. The number of halogens is 1. The molecule has 0 spiro atoms. The van der Waals surface area contributed by atoms with E-state index in [0.29, 0.717) is 16.2 Å². The molecule has 1 unspecified atom stereocenters. The molecule has 0 heterocycles. The van der Waals surface area contributed by atoms with E-state index in [1.165, 1.54) is 7.11 Å². The molecule has 3 N–H and O–H groups in total. The van der Waals surface area contributed by atoms with Crippen LogP contribution in [0.1, 0.15) is 25.8 Å². The first-order valence-corrected chi connectivity index (χ1v) is 8.94. The van der Waals surface area contributed by atoms with Crippen molar-refractivity contribution in [3.8, 4) is 5.75 Å². The van der Waals surface area contributed by atoms with Crippen LogP contribution in [0.4, 0.5) is 4.39 Å². The summed E-state index contributed by atoms with van der Waals surface area (Å²) in [6, 6.07) is 3.51. The summed E-state index contributed by atoms with van der Waals surface area (Å²) in [6.45, 7) is 2.11. The SMILES string of the molecule is CC.COc1ccc(S)cc1CC(=O)NCC(=O)NC(CC(=O)O)C(=O)CF. The van der Waals surface area contributed by atoms with E-state index in [9.17, 15) is 23.6 Å². The van der Waals surface area contributed by atoms with E-state index in [-0.39, 0.29) is 6.42 Å². The lowest BCUT2D eigenvalue weighted by Crippen LogP contribution is -2.47. The second-order valence-electron chi connectivity index (χ2n) is 5.27. The average Bonchev–Trinajstić information content (AvgIpc) is 2.66. The van der Waals surface area contributed by atoms with Crippen molar-refractivity contribution in [2.24, 2.45) is 0 Å². The normalized spacial score (nSPS) is 10.8. The van der Waals surface area contributed by atoms with Gasteiger partial charge in [0.05, 0.1) is 26.5 Å². The molecule has 0 saturated carbocycles. The first-order valence-electron chi connectivity index (χ1n) is 8.49. The first-order chi connectivity index (χ1) is 13.3. The Bertz CT molecular complexity index is 699. The summed E-state index contributed by atoms with van der Waals surface area (Å²) < 4.78 is 17.5. The summed E-state index contributed by atoms with van der Waals surface area (Å²) in [6.07, 6.45) is -0.818. The van der Waals surface area contributed by atoms with Gasteiger partial charge < -0.3 is 20.5 Å². The maximum absolute atomic E-state index is 12.4. The third kappa shape index (κ3) is 9.36. The number of hydrogen-bond donors (Lipinski definition) is 4. The van der Waals surface area contributed by atoms with Crippen molar-refractivity contribution in [3.05, 3.63) is 23.8 Å². The van der Waals surface area contributed by atoms with Crippen LogP contribution < -0.4 is 15.4 Å². The topological polar surface area (TPSA) is 122 Å². The molecule has 1 rings (SSSR count). The molecule has 0 bridgehead atoms. The molecule has 10 heteroatoms. The number of alkyl halides is 1. The van der Waals surface area contributed by atoms with Gasteiger partial charge in [0, 0.05) is 10.5 Å². The lowest BCUT2D eigenvalue weighted by molar-refractivity contribution is -0.140. The lowest BCUT2D eigenvalue weighted by atomic mass is 10.1. The number of carbonyl (C=O) groups is 4. The summed E-state index contributed by atoms with van der Waals surface area (Å²) >= 11 is 4.18. The predicted molar refractivity (Wildman–Crippen MR) is 103 cm³/mol. The number of rotatable bonds is 10. The Balaban J connectivity index is 0.00000352. The van der Waals surface area contributed by atoms with Gasteiger partial charge in [-0.15, -0.1) is 12.6 Å². The van der Waals surface area contributed by atoms with Crippen molar-refractivity contribution < 1.29 is 33.4 Å². The molecule has 0 radical (unpaired) electrons. The number of carboxylic acids is 1. The maximum atomic E-state index is 12.4. The summed E-state index contributed by atoms with van der Waals surface area (Å²) in [5, 5.41) is 13.1.